The molecule has 6 rings (SSSR count). The maximum atomic E-state index is 12.9. The third-order valence-corrected chi connectivity index (χ3v) is 6.78. The fourth-order valence-corrected chi connectivity index (χ4v) is 4.78. The van der Waals surface area contributed by atoms with Crippen molar-refractivity contribution in [1.82, 2.24) is 19.9 Å². The topological polar surface area (TPSA) is 123 Å². The van der Waals surface area contributed by atoms with Crippen molar-refractivity contribution in [2.75, 3.05) is 10.6 Å². The number of anilines is 3. The second-order valence-electron chi connectivity index (χ2n) is 11.4. The number of carbonyl (C=O) groups is 2. The summed E-state index contributed by atoms with van der Waals surface area (Å²) in [6.45, 7) is 7.66. The van der Waals surface area contributed by atoms with Crippen LogP contribution in [0.1, 0.15) is 42.5 Å². The molecule has 0 saturated carbocycles. The predicted molar refractivity (Wildman–Crippen MR) is 170 cm³/mol. The number of furan rings is 1. The Balaban J connectivity index is 1.13. The van der Waals surface area contributed by atoms with Crippen molar-refractivity contribution < 1.29 is 18.7 Å². The highest BCUT2D eigenvalue weighted by Crippen LogP contribution is 2.32. The Morgan fingerprint density at radius 3 is 2.43 bits per heavy atom. The van der Waals surface area contributed by atoms with Gasteiger partial charge >= 0.3 is 6.09 Å². The number of alkyl carbamates (subject to hydrolysis) is 1. The van der Waals surface area contributed by atoms with E-state index in [-0.39, 0.29) is 5.91 Å². The summed E-state index contributed by atoms with van der Waals surface area (Å²) in [5, 5.41) is 14.4. The van der Waals surface area contributed by atoms with Crippen molar-refractivity contribution in [3.05, 3.63) is 108 Å². The van der Waals surface area contributed by atoms with Crippen LogP contribution in [0.3, 0.4) is 0 Å². The zero-order valence-corrected chi connectivity index (χ0v) is 24.8. The molecule has 0 aliphatic rings. The molecular formula is C34H32N6O4. The molecule has 3 aromatic heterocycles. The number of hydrogen-bond donors (Lipinski definition) is 3. The van der Waals surface area contributed by atoms with Crippen LogP contribution < -0.4 is 16.0 Å². The number of rotatable bonds is 7. The number of ether oxygens (including phenoxy) is 1. The molecule has 10 heteroatoms. The normalized spacial score (nSPS) is 11.5. The van der Waals surface area contributed by atoms with Crippen molar-refractivity contribution in [2.24, 2.45) is 0 Å². The highest BCUT2D eigenvalue weighted by Gasteiger charge is 2.16. The Labute approximate surface area is 254 Å². The van der Waals surface area contributed by atoms with Gasteiger partial charge in [-0.25, -0.2) is 14.3 Å². The minimum absolute atomic E-state index is 0.243. The second kappa shape index (κ2) is 11.6. The average Bonchev–Trinajstić information content (AvgIpc) is 3.62. The number of hydrogen-bond acceptors (Lipinski definition) is 7. The molecular weight excluding hydrogens is 556 g/mol. The first-order valence-electron chi connectivity index (χ1n) is 14.2. The smallest absolute Gasteiger partial charge is 0.407 e. The van der Waals surface area contributed by atoms with E-state index in [1.54, 1.807) is 35.0 Å². The number of fused-ring (bicyclic) bond motifs is 2. The molecule has 0 unspecified atom stereocenters. The van der Waals surface area contributed by atoms with Gasteiger partial charge in [0.25, 0.3) is 5.91 Å². The van der Waals surface area contributed by atoms with E-state index in [9.17, 15) is 9.59 Å². The van der Waals surface area contributed by atoms with Gasteiger partial charge < -0.3 is 25.1 Å². The first-order valence-corrected chi connectivity index (χ1v) is 14.2. The summed E-state index contributed by atoms with van der Waals surface area (Å²) in [6.07, 6.45) is 1.24. The average molecular weight is 589 g/mol. The molecule has 3 aromatic carbocycles. The van der Waals surface area contributed by atoms with Crippen molar-refractivity contribution in [3.63, 3.8) is 0 Å². The van der Waals surface area contributed by atoms with E-state index >= 15 is 0 Å². The summed E-state index contributed by atoms with van der Waals surface area (Å²) in [7, 11) is 0. The van der Waals surface area contributed by atoms with E-state index in [0.717, 1.165) is 44.8 Å². The molecule has 222 valence electrons. The van der Waals surface area contributed by atoms with E-state index in [0.29, 0.717) is 23.7 Å². The van der Waals surface area contributed by atoms with Gasteiger partial charge in [0, 0.05) is 34.4 Å². The van der Waals surface area contributed by atoms with Crippen molar-refractivity contribution in [1.29, 1.82) is 0 Å². The van der Waals surface area contributed by atoms with Crippen molar-refractivity contribution >= 4 is 45.8 Å². The van der Waals surface area contributed by atoms with E-state index in [4.69, 9.17) is 14.1 Å². The molecule has 2 amide bonds. The Bertz CT molecular complexity index is 1970. The zero-order chi connectivity index (χ0) is 30.8. The van der Waals surface area contributed by atoms with Crippen LogP contribution in [-0.4, -0.2) is 32.2 Å². The first kappa shape index (κ1) is 28.5. The fourth-order valence-electron chi connectivity index (χ4n) is 4.78. The standard InChI is InChI=1S/C34H32N6O4/c1-21-18-24-6-5-7-28(30(24)43-21)29-19-27-16-17-36-40(27)32(39-29)38-26-14-12-25(13-15-26)37-31(41)23-10-8-22(9-11-23)20-35-33(42)44-34(2,3)4/h5-19H,20H2,1-4H3,(H,35,42)(H,37,41)(H,38,39). The Kier molecular flexibility index (Phi) is 7.48. The summed E-state index contributed by atoms with van der Waals surface area (Å²) in [6, 6.07) is 26.3. The van der Waals surface area contributed by atoms with Crippen molar-refractivity contribution in [3.8, 4) is 11.3 Å². The van der Waals surface area contributed by atoms with E-state index < -0.39 is 11.7 Å². The maximum Gasteiger partial charge on any atom is 0.407 e. The largest absolute Gasteiger partial charge is 0.461 e. The van der Waals surface area contributed by atoms with Gasteiger partial charge in [-0.2, -0.15) is 5.10 Å². The number of nitrogens with one attached hydrogen (secondary N) is 3. The van der Waals surface area contributed by atoms with Crippen LogP contribution in [0.15, 0.2) is 95.5 Å². The molecule has 0 aliphatic heterocycles. The highest BCUT2D eigenvalue weighted by atomic mass is 16.6. The number of nitrogens with zero attached hydrogens (tertiary/aromatic N) is 3. The van der Waals surface area contributed by atoms with Gasteiger partial charge in [0.2, 0.25) is 5.95 Å². The third kappa shape index (κ3) is 6.39. The molecule has 0 bridgehead atoms. The molecule has 0 radical (unpaired) electrons. The molecule has 0 atom stereocenters. The zero-order valence-electron chi connectivity index (χ0n) is 24.8. The van der Waals surface area contributed by atoms with Crippen LogP contribution in [0.5, 0.6) is 0 Å². The van der Waals surface area contributed by atoms with Gasteiger partial charge in [-0.05, 0) is 93.9 Å². The number of aromatic nitrogens is 3. The minimum Gasteiger partial charge on any atom is -0.461 e. The lowest BCUT2D eigenvalue weighted by Gasteiger charge is -2.19. The lowest BCUT2D eigenvalue weighted by molar-refractivity contribution is 0.0523. The molecule has 44 heavy (non-hydrogen) atoms. The predicted octanol–water partition coefficient (Wildman–Crippen LogP) is 7.47. The maximum absolute atomic E-state index is 12.9. The van der Waals surface area contributed by atoms with Gasteiger partial charge in [-0.15, -0.1) is 0 Å². The summed E-state index contributed by atoms with van der Waals surface area (Å²) in [5.41, 5.74) is 5.53. The van der Waals surface area contributed by atoms with Crippen LogP contribution in [-0.2, 0) is 11.3 Å². The molecule has 0 aliphatic carbocycles. The summed E-state index contributed by atoms with van der Waals surface area (Å²) < 4.78 is 13.0. The van der Waals surface area contributed by atoms with E-state index in [1.165, 1.54) is 0 Å². The minimum atomic E-state index is -0.565. The number of benzene rings is 3. The number of para-hydroxylation sites is 1. The number of amides is 2. The summed E-state index contributed by atoms with van der Waals surface area (Å²) in [5.74, 6) is 1.14. The Morgan fingerprint density at radius 1 is 0.932 bits per heavy atom. The molecule has 0 saturated heterocycles. The number of carbonyl (C=O) groups excluding carboxylic acids is 2. The third-order valence-electron chi connectivity index (χ3n) is 6.78. The quantitative estimate of drug-likeness (QED) is 0.177. The Hall–Kier alpha value is -5.64. The molecule has 6 aromatic rings. The van der Waals surface area contributed by atoms with E-state index in [1.807, 2.05) is 88.4 Å². The van der Waals surface area contributed by atoms with Gasteiger partial charge in [-0.3, -0.25) is 4.79 Å². The lowest BCUT2D eigenvalue weighted by atomic mass is 10.1. The summed E-state index contributed by atoms with van der Waals surface area (Å²) in [4.78, 5) is 29.6. The van der Waals surface area contributed by atoms with Crippen LogP contribution in [0.2, 0.25) is 0 Å². The Morgan fingerprint density at radius 2 is 1.68 bits per heavy atom. The molecule has 0 fully saturated rings. The van der Waals surface area contributed by atoms with Gasteiger partial charge in [0.05, 0.1) is 17.4 Å². The fraction of sp³-hybridized carbons (Fsp3) is 0.176. The first-order chi connectivity index (χ1) is 21.1. The highest BCUT2D eigenvalue weighted by molar-refractivity contribution is 6.04. The van der Waals surface area contributed by atoms with Crippen LogP contribution in [0, 0.1) is 6.92 Å². The van der Waals surface area contributed by atoms with E-state index in [2.05, 4.69) is 21.0 Å². The molecule has 3 heterocycles. The molecule has 3 N–H and O–H groups in total. The monoisotopic (exact) mass is 588 g/mol. The van der Waals surface area contributed by atoms with Crippen molar-refractivity contribution in [2.45, 2.75) is 39.8 Å². The van der Waals surface area contributed by atoms with Gasteiger partial charge in [-0.1, -0.05) is 24.3 Å². The lowest BCUT2D eigenvalue weighted by Crippen LogP contribution is -2.32. The SMILES string of the molecule is Cc1cc2cccc(-c3cc4ccnn4c(Nc4ccc(NC(=O)c5ccc(CNC(=O)OC(C)(C)C)cc5)cc4)n3)c2o1. The van der Waals surface area contributed by atoms with Gasteiger partial charge in [0.1, 0.15) is 16.9 Å². The molecule has 10 nitrogen and oxygen atoms in total. The van der Waals surface area contributed by atoms with Crippen LogP contribution >= 0.6 is 0 Å². The van der Waals surface area contributed by atoms with Crippen LogP contribution in [0.25, 0.3) is 27.7 Å². The number of aryl methyl sites for hydroxylation is 1. The van der Waals surface area contributed by atoms with Crippen LogP contribution in [0.4, 0.5) is 22.1 Å². The second-order valence-corrected chi connectivity index (χ2v) is 11.4. The van der Waals surface area contributed by atoms with Gasteiger partial charge in [0.15, 0.2) is 0 Å². The summed E-state index contributed by atoms with van der Waals surface area (Å²) >= 11 is 0. The molecule has 0 spiro atoms.